The van der Waals surface area contributed by atoms with E-state index in [2.05, 4.69) is 0 Å². The van der Waals surface area contributed by atoms with Crippen molar-refractivity contribution in [2.75, 3.05) is 7.05 Å². The minimum Gasteiger partial charge on any atom is -0.507 e. The summed E-state index contributed by atoms with van der Waals surface area (Å²) in [5.41, 5.74) is -0.558. The summed E-state index contributed by atoms with van der Waals surface area (Å²) in [6.07, 6.45) is 0. The van der Waals surface area contributed by atoms with E-state index in [0.717, 1.165) is 0 Å². The molecule has 1 aromatic heterocycles. The van der Waals surface area contributed by atoms with E-state index >= 15 is 0 Å². The van der Waals surface area contributed by atoms with Crippen molar-refractivity contribution in [1.29, 1.82) is 0 Å². The first-order chi connectivity index (χ1) is 9.38. The van der Waals surface area contributed by atoms with E-state index < -0.39 is 28.9 Å². The summed E-state index contributed by atoms with van der Waals surface area (Å²) in [5, 5.41) is 9.51. The number of aryl methyl sites for hydroxylation is 1. The van der Waals surface area contributed by atoms with Crippen molar-refractivity contribution >= 4 is 5.91 Å². The molecule has 0 bridgehead atoms. The molecule has 6 heteroatoms. The topological polar surface area (TPSA) is 53.7 Å². The van der Waals surface area contributed by atoms with E-state index in [1.165, 1.54) is 11.9 Å². The smallest absolute Gasteiger partial charge is 0.260 e. The van der Waals surface area contributed by atoms with Crippen LogP contribution in [0.1, 0.15) is 21.9 Å². The van der Waals surface area contributed by atoms with Gasteiger partial charge in [-0.05, 0) is 19.1 Å². The summed E-state index contributed by atoms with van der Waals surface area (Å²) in [6.45, 7) is 1.87. The summed E-state index contributed by atoms with van der Waals surface area (Å²) < 4.78 is 31.8. The van der Waals surface area contributed by atoms with Crippen molar-refractivity contribution in [1.82, 2.24) is 4.90 Å². The fraction of sp³-hybridized carbons (Fsp3) is 0.214. The molecule has 0 saturated carbocycles. The Balaban J connectivity index is 2.23. The Morgan fingerprint density at radius 2 is 2.05 bits per heavy atom. The minimum absolute atomic E-state index is 0.114. The van der Waals surface area contributed by atoms with Gasteiger partial charge < -0.3 is 14.4 Å². The van der Waals surface area contributed by atoms with Gasteiger partial charge in [-0.2, -0.15) is 0 Å². The molecule has 2 aromatic rings. The van der Waals surface area contributed by atoms with Gasteiger partial charge in [0.1, 0.15) is 34.5 Å². The number of hydrogen-bond acceptors (Lipinski definition) is 3. The largest absolute Gasteiger partial charge is 0.507 e. The van der Waals surface area contributed by atoms with E-state index in [-0.39, 0.29) is 6.54 Å². The molecule has 0 aliphatic rings. The number of amides is 1. The van der Waals surface area contributed by atoms with Crippen LogP contribution in [-0.2, 0) is 6.54 Å². The van der Waals surface area contributed by atoms with Gasteiger partial charge in [0, 0.05) is 19.2 Å². The zero-order chi connectivity index (χ0) is 14.9. The predicted octanol–water partition coefficient (Wildman–Crippen LogP) is 2.84. The molecule has 0 radical (unpaired) electrons. The summed E-state index contributed by atoms with van der Waals surface area (Å²) in [7, 11) is 1.43. The molecule has 1 N–H and O–H groups in total. The maximum Gasteiger partial charge on any atom is 0.260 e. The molecule has 0 spiro atoms. The highest BCUT2D eigenvalue weighted by Gasteiger charge is 2.22. The van der Waals surface area contributed by atoms with Crippen molar-refractivity contribution in [3.8, 4) is 5.75 Å². The lowest BCUT2D eigenvalue weighted by Crippen LogP contribution is -2.27. The lowest BCUT2D eigenvalue weighted by atomic mass is 10.1. The van der Waals surface area contributed by atoms with E-state index in [1.807, 2.05) is 0 Å². The molecule has 4 nitrogen and oxygen atoms in total. The van der Waals surface area contributed by atoms with E-state index in [1.54, 1.807) is 19.1 Å². The molecule has 1 amide bonds. The Bertz CT molecular complexity index is 629. The number of rotatable bonds is 3. The van der Waals surface area contributed by atoms with Gasteiger partial charge in [0.05, 0.1) is 6.54 Å². The molecule has 0 atom stereocenters. The number of hydrogen-bond donors (Lipinski definition) is 1. The number of carbonyl (C=O) groups is 1. The van der Waals surface area contributed by atoms with Crippen molar-refractivity contribution in [2.45, 2.75) is 13.5 Å². The predicted molar refractivity (Wildman–Crippen MR) is 67.3 cm³/mol. The molecule has 0 saturated heterocycles. The Labute approximate surface area is 114 Å². The van der Waals surface area contributed by atoms with Crippen molar-refractivity contribution in [3.63, 3.8) is 0 Å². The molecule has 1 aromatic carbocycles. The first-order valence-corrected chi connectivity index (χ1v) is 5.87. The molecule has 0 fully saturated rings. The van der Waals surface area contributed by atoms with Crippen LogP contribution in [-0.4, -0.2) is 23.0 Å². The van der Waals surface area contributed by atoms with Crippen molar-refractivity contribution in [3.05, 3.63) is 53.0 Å². The van der Waals surface area contributed by atoms with Crippen LogP contribution in [0.2, 0.25) is 0 Å². The fourth-order valence-corrected chi connectivity index (χ4v) is 1.84. The molecular formula is C14H13F2NO3. The van der Waals surface area contributed by atoms with Gasteiger partial charge in [-0.3, -0.25) is 4.79 Å². The molecule has 0 unspecified atom stereocenters. The second-order valence-electron chi connectivity index (χ2n) is 4.46. The Morgan fingerprint density at radius 1 is 1.35 bits per heavy atom. The minimum atomic E-state index is -1.10. The number of nitrogens with zero attached hydrogens (tertiary/aromatic N) is 1. The first kappa shape index (κ1) is 14.0. The van der Waals surface area contributed by atoms with Gasteiger partial charge in [-0.25, -0.2) is 8.78 Å². The third-order valence-electron chi connectivity index (χ3n) is 2.78. The number of phenols is 1. The lowest BCUT2D eigenvalue weighted by Gasteiger charge is -2.17. The van der Waals surface area contributed by atoms with Crippen LogP contribution in [0.4, 0.5) is 8.78 Å². The number of furan rings is 1. The van der Waals surface area contributed by atoms with Gasteiger partial charge in [0.25, 0.3) is 5.91 Å². The second kappa shape index (κ2) is 5.32. The zero-order valence-corrected chi connectivity index (χ0v) is 11.0. The monoisotopic (exact) mass is 281 g/mol. The highest BCUT2D eigenvalue weighted by Crippen LogP contribution is 2.24. The third-order valence-corrected chi connectivity index (χ3v) is 2.78. The molecule has 1 heterocycles. The maximum absolute atomic E-state index is 13.6. The Kier molecular flexibility index (Phi) is 3.74. The molecule has 0 aliphatic carbocycles. The highest BCUT2D eigenvalue weighted by molar-refractivity contribution is 5.96. The van der Waals surface area contributed by atoms with Crippen molar-refractivity contribution < 1.29 is 23.1 Å². The standard InChI is InChI=1S/C14H13F2NO3/c1-8-3-4-10(20-8)7-17(2)14(19)13-11(16)5-9(15)6-12(13)18/h3-6,18H,7H2,1-2H3. The summed E-state index contributed by atoms with van der Waals surface area (Å²) in [6, 6.07) is 4.68. The van der Waals surface area contributed by atoms with Crippen LogP contribution in [0, 0.1) is 18.6 Å². The number of carbonyl (C=O) groups excluding carboxylic acids is 1. The molecule has 2 rings (SSSR count). The van der Waals surface area contributed by atoms with Crippen molar-refractivity contribution in [2.24, 2.45) is 0 Å². The van der Waals surface area contributed by atoms with E-state index in [4.69, 9.17) is 4.42 Å². The van der Waals surface area contributed by atoms with Gasteiger partial charge >= 0.3 is 0 Å². The normalized spacial score (nSPS) is 10.6. The summed E-state index contributed by atoms with van der Waals surface area (Å²) >= 11 is 0. The van der Waals surface area contributed by atoms with Crippen LogP contribution >= 0.6 is 0 Å². The first-order valence-electron chi connectivity index (χ1n) is 5.87. The zero-order valence-electron chi connectivity index (χ0n) is 11.0. The van der Waals surface area contributed by atoms with Gasteiger partial charge in [-0.1, -0.05) is 0 Å². The number of benzene rings is 1. The summed E-state index contributed by atoms with van der Waals surface area (Å²) in [4.78, 5) is 13.2. The lowest BCUT2D eigenvalue weighted by molar-refractivity contribution is 0.0767. The summed E-state index contributed by atoms with van der Waals surface area (Å²) in [5.74, 6) is -2.31. The second-order valence-corrected chi connectivity index (χ2v) is 4.46. The number of phenolic OH excluding ortho intramolecular Hbond substituents is 1. The molecule has 20 heavy (non-hydrogen) atoms. The quantitative estimate of drug-likeness (QED) is 0.941. The molecular weight excluding hydrogens is 268 g/mol. The van der Waals surface area contributed by atoms with Gasteiger partial charge in [0.2, 0.25) is 0 Å². The number of halogens is 2. The van der Waals surface area contributed by atoms with E-state index in [9.17, 15) is 18.7 Å². The highest BCUT2D eigenvalue weighted by atomic mass is 19.1. The fourth-order valence-electron chi connectivity index (χ4n) is 1.84. The van der Waals surface area contributed by atoms with Gasteiger partial charge in [0.15, 0.2) is 0 Å². The van der Waals surface area contributed by atoms with Crippen LogP contribution in [0.15, 0.2) is 28.7 Å². The van der Waals surface area contributed by atoms with Crippen LogP contribution in [0.3, 0.4) is 0 Å². The average molecular weight is 281 g/mol. The Morgan fingerprint density at radius 3 is 2.60 bits per heavy atom. The van der Waals surface area contributed by atoms with Crippen LogP contribution < -0.4 is 0 Å². The SMILES string of the molecule is Cc1ccc(CN(C)C(=O)c2c(O)cc(F)cc2F)o1. The van der Waals surface area contributed by atoms with Gasteiger partial charge in [-0.15, -0.1) is 0 Å². The molecule has 0 aliphatic heterocycles. The maximum atomic E-state index is 13.6. The Hall–Kier alpha value is -2.37. The third kappa shape index (κ3) is 2.79. The van der Waals surface area contributed by atoms with Crippen LogP contribution in [0.25, 0.3) is 0 Å². The average Bonchev–Trinajstić information content (AvgIpc) is 2.73. The van der Waals surface area contributed by atoms with E-state index in [0.29, 0.717) is 23.7 Å². The number of aromatic hydroxyl groups is 1. The van der Waals surface area contributed by atoms with Crippen LogP contribution in [0.5, 0.6) is 5.75 Å². The molecule has 106 valence electrons.